The van der Waals surface area contributed by atoms with Gasteiger partial charge in [0, 0.05) is 11.1 Å². The van der Waals surface area contributed by atoms with E-state index >= 15 is 0 Å². The molecule has 24 heavy (non-hydrogen) atoms. The molecule has 0 spiro atoms. The number of nitrogens with zero attached hydrogens (tertiary/aromatic N) is 2. The zero-order chi connectivity index (χ0) is 18.4. The molecule has 0 aromatic rings. The minimum Gasteiger partial charge on any atom is -0.297 e. The highest BCUT2D eigenvalue weighted by atomic mass is 32.2. The molecule has 0 unspecified atom stereocenters. The molecule has 0 amide bonds. The molecule has 0 aromatic heterocycles. The highest BCUT2D eigenvalue weighted by Crippen LogP contribution is 2.29. The summed E-state index contributed by atoms with van der Waals surface area (Å²) >= 11 is 0. The van der Waals surface area contributed by atoms with E-state index in [1.165, 1.54) is 0 Å². The number of Topliss-reactive ketones (excluding diaryl/α,β-unsaturated/α-hetero) is 1. The Morgan fingerprint density at radius 1 is 0.833 bits per heavy atom. The molecular formula is C15H28N2O5S2. The Bertz CT molecular complexity index is 658. The average Bonchev–Trinajstić information content (AvgIpc) is 2.87. The predicted octanol–water partition coefficient (Wildman–Crippen LogP) is -0.426. The standard InChI is InChI=1S/C15H28N2O5S2/c1-14(5-7-23(19,20)11-14)16(3)9-13(18)10-17(4)15(2)6-8-24(21,22)12-15/h5-12H2,1-4H3/t14-,15-/m1/s1. The second-order valence-corrected chi connectivity index (χ2v) is 12.3. The van der Waals surface area contributed by atoms with Crippen LogP contribution in [0.3, 0.4) is 0 Å². The van der Waals surface area contributed by atoms with Crippen molar-refractivity contribution in [2.24, 2.45) is 0 Å². The number of hydrogen-bond acceptors (Lipinski definition) is 7. The van der Waals surface area contributed by atoms with Crippen molar-refractivity contribution in [2.45, 2.75) is 37.8 Å². The highest BCUT2D eigenvalue weighted by Gasteiger charge is 2.43. The van der Waals surface area contributed by atoms with Crippen LogP contribution in [-0.4, -0.2) is 93.7 Å². The molecule has 2 rings (SSSR count). The quantitative estimate of drug-likeness (QED) is 0.618. The summed E-state index contributed by atoms with van der Waals surface area (Å²) in [6, 6.07) is 0. The van der Waals surface area contributed by atoms with E-state index in [4.69, 9.17) is 0 Å². The molecule has 0 radical (unpaired) electrons. The van der Waals surface area contributed by atoms with Crippen molar-refractivity contribution < 1.29 is 21.6 Å². The molecule has 2 saturated heterocycles. The SMILES string of the molecule is CN(CC(=O)CN(C)[C@]1(C)CCS(=O)(=O)C1)[C@]1(C)CCS(=O)(=O)C1. The number of rotatable bonds is 6. The van der Waals surface area contributed by atoms with Gasteiger partial charge in [0.05, 0.1) is 36.1 Å². The lowest BCUT2D eigenvalue weighted by atomic mass is 9.98. The minimum atomic E-state index is -3.02. The molecule has 7 nitrogen and oxygen atoms in total. The van der Waals surface area contributed by atoms with E-state index in [0.717, 1.165) is 0 Å². The van der Waals surface area contributed by atoms with Gasteiger partial charge in [-0.1, -0.05) is 0 Å². The van der Waals surface area contributed by atoms with Gasteiger partial charge in [-0.2, -0.15) is 0 Å². The topological polar surface area (TPSA) is 91.8 Å². The van der Waals surface area contributed by atoms with E-state index in [-0.39, 0.29) is 41.9 Å². The van der Waals surface area contributed by atoms with Gasteiger partial charge < -0.3 is 0 Å². The van der Waals surface area contributed by atoms with Gasteiger partial charge in [-0.25, -0.2) is 16.8 Å². The molecule has 0 bridgehead atoms. The van der Waals surface area contributed by atoms with Gasteiger partial charge in [-0.05, 0) is 40.8 Å². The maximum absolute atomic E-state index is 12.4. The molecule has 2 aliphatic heterocycles. The Balaban J connectivity index is 1.94. The summed E-state index contributed by atoms with van der Waals surface area (Å²) in [4.78, 5) is 16.0. The first-order chi connectivity index (χ1) is 10.8. The first kappa shape index (κ1) is 19.8. The van der Waals surface area contributed by atoms with E-state index in [9.17, 15) is 21.6 Å². The summed E-state index contributed by atoms with van der Waals surface area (Å²) in [6.07, 6.45) is 1.07. The molecule has 2 heterocycles. The highest BCUT2D eigenvalue weighted by molar-refractivity contribution is 7.92. The van der Waals surface area contributed by atoms with Crippen LogP contribution in [0.4, 0.5) is 0 Å². The second-order valence-electron chi connectivity index (χ2n) is 7.93. The van der Waals surface area contributed by atoms with Crippen molar-refractivity contribution in [3.8, 4) is 0 Å². The first-order valence-electron chi connectivity index (χ1n) is 8.12. The third kappa shape index (κ3) is 4.36. The smallest absolute Gasteiger partial charge is 0.160 e. The van der Waals surface area contributed by atoms with Gasteiger partial charge in [0.1, 0.15) is 0 Å². The van der Waals surface area contributed by atoms with Crippen molar-refractivity contribution in [1.29, 1.82) is 0 Å². The molecule has 0 N–H and O–H groups in total. The van der Waals surface area contributed by atoms with Crippen molar-refractivity contribution in [1.82, 2.24) is 9.80 Å². The van der Waals surface area contributed by atoms with Gasteiger partial charge in [0.2, 0.25) is 0 Å². The van der Waals surface area contributed by atoms with Crippen LogP contribution in [0.5, 0.6) is 0 Å². The van der Waals surface area contributed by atoms with E-state index in [1.807, 2.05) is 23.6 Å². The summed E-state index contributed by atoms with van der Waals surface area (Å²) in [6.45, 7) is 4.08. The number of carbonyl (C=O) groups excluding carboxylic acids is 1. The Hall–Kier alpha value is -0.510. The summed E-state index contributed by atoms with van der Waals surface area (Å²) in [5, 5.41) is 0. The van der Waals surface area contributed by atoms with Crippen LogP contribution in [0.2, 0.25) is 0 Å². The number of likely N-dealkylation sites (N-methyl/N-ethyl adjacent to an activating group) is 2. The zero-order valence-corrected chi connectivity index (χ0v) is 16.5. The van der Waals surface area contributed by atoms with Crippen LogP contribution in [0.15, 0.2) is 0 Å². The van der Waals surface area contributed by atoms with Crippen molar-refractivity contribution >= 4 is 25.5 Å². The van der Waals surface area contributed by atoms with E-state index in [1.54, 1.807) is 14.1 Å². The fourth-order valence-electron chi connectivity index (χ4n) is 3.55. The Kier molecular flexibility index (Phi) is 5.23. The fourth-order valence-corrected chi connectivity index (χ4v) is 7.96. The normalized spacial score (nSPS) is 34.9. The predicted molar refractivity (Wildman–Crippen MR) is 93.6 cm³/mol. The summed E-state index contributed by atoms with van der Waals surface area (Å²) in [7, 11) is -2.49. The van der Waals surface area contributed by atoms with Gasteiger partial charge in [-0.3, -0.25) is 14.6 Å². The van der Waals surface area contributed by atoms with Crippen LogP contribution in [0.1, 0.15) is 26.7 Å². The Labute approximate surface area is 145 Å². The molecular weight excluding hydrogens is 352 g/mol. The van der Waals surface area contributed by atoms with Crippen molar-refractivity contribution in [3.63, 3.8) is 0 Å². The average molecular weight is 381 g/mol. The van der Waals surface area contributed by atoms with Gasteiger partial charge in [-0.15, -0.1) is 0 Å². The maximum atomic E-state index is 12.4. The van der Waals surface area contributed by atoms with Crippen LogP contribution < -0.4 is 0 Å². The number of sulfone groups is 2. The zero-order valence-electron chi connectivity index (χ0n) is 14.9. The minimum absolute atomic E-state index is 0.0314. The first-order valence-corrected chi connectivity index (χ1v) is 11.8. The summed E-state index contributed by atoms with van der Waals surface area (Å²) < 4.78 is 46.9. The Morgan fingerprint density at radius 3 is 1.42 bits per heavy atom. The lowest BCUT2D eigenvalue weighted by molar-refractivity contribution is -0.123. The Morgan fingerprint density at radius 2 is 1.17 bits per heavy atom. The molecule has 0 saturated carbocycles. The molecule has 9 heteroatoms. The van der Waals surface area contributed by atoms with Crippen LogP contribution in [0.25, 0.3) is 0 Å². The van der Waals surface area contributed by atoms with Crippen LogP contribution in [0, 0.1) is 0 Å². The number of carbonyl (C=O) groups is 1. The number of ketones is 1. The maximum Gasteiger partial charge on any atom is 0.160 e. The molecule has 2 atom stereocenters. The lowest BCUT2D eigenvalue weighted by Gasteiger charge is -2.36. The van der Waals surface area contributed by atoms with Crippen molar-refractivity contribution in [2.75, 3.05) is 50.2 Å². The van der Waals surface area contributed by atoms with Crippen LogP contribution >= 0.6 is 0 Å². The molecule has 2 fully saturated rings. The van der Waals surface area contributed by atoms with Crippen molar-refractivity contribution in [3.05, 3.63) is 0 Å². The molecule has 140 valence electrons. The molecule has 0 aromatic carbocycles. The van der Waals surface area contributed by atoms with Crippen LogP contribution in [-0.2, 0) is 24.5 Å². The second kappa shape index (κ2) is 6.34. The summed E-state index contributed by atoms with van der Waals surface area (Å²) in [5.74, 6) is 0.456. The third-order valence-electron chi connectivity index (χ3n) is 5.64. The lowest BCUT2D eigenvalue weighted by Crippen LogP contribution is -2.51. The van der Waals surface area contributed by atoms with E-state index in [0.29, 0.717) is 12.8 Å². The fraction of sp³-hybridized carbons (Fsp3) is 0.933. The van der Waals surface area contributed by atoms with E-state index in [2.05, 4.69) is 0 Å². The van der Waals surface area contributed by atoms with Gasteiger partial charge in [0.15, 0.2) is 25.5 Å². The van der Waals surface area contributed by atoms with Gasteiger partial charge in [0.25, 0.3) is 0 Å². The summed E-state index contributed by atoms with van der Waals surface area (Å²) in [5.41, 5.74) is -1.01. The molecule has 2 aliphatic rings. The third-order valence-corrected chi connectivity index (χ3v) is 9.41. The largest absolute Gasteiger partial charge is 0.297 e. The van der Waals surface area contributed by atoms with E-state index < -0.39 is 30.8 Å². The number of hydrogen-bond donors (Lipinski definition) is 0. The molecule has 0 aliphatic carbocycles. The van der Waals surface area contributed by atoms with Gasteiger partial charge >= 0.3 is 0 Å². The monoisotopic (exact) mass is 380 g/mol.